The molecule has 0 bridgehead atoms. The fraction of sp³-hybridized carbons (Fsp3) is 0.250. The van der Waals surface area contributed by atoms with Crippen molar-refractivity contribution in [1.29, 1.82) is 0 Å². The predicted octanol–water partition coefficient (Wildman–Crippen LogP) is 1.60. The summed E-state index contributed by atoms with van der Waals surface area (Å²) in [6.45, 7) is 0.197. The minimum Gasteiger partial charge on any atom is -0.334 e. The molecular weight excluding hydrogens is 212 g/mol. The number of nitrogens with zero attached hydrogens (tertiary/aromatic N) is 1. The van der Waals surface area contributed by atoms with Gasteiger partial charge >= 0.3 is 0 Å². The van der Waals surface area contributed by atoms with Gasteiger partial charge in [-0.1, -0.05) is 12.0 Å². The van der Waals surface area contributed by atoms with Crippen molar-refractivity contribution < 1.29 is 13.6 Å². The van der Waals surface area contributed by atoms with E-state index in [4.69, 9.17) is 6.42 Å². The van der Waals surface area contributed by atoms with Crippen LogP contribution in [0.25, 0.3) is 0 Å². The summed E-state index contributed by atoms with van der Waals surface area (Å²) in [5, 5.41) is 0. The summed E-state index contributed by atoms with van der Waals surface area (Å²) in [5.41, 5.74) is 0.424. The molecule has 1 rings (SSSR count). The lowest BCUT2D eigenvalue weighted by molar-refractivity contribution is -0.128. The number of benzene rings is 1. The summed E-state index contributed by atoms with van der Waals surface area (Å²) < 4.78 is 25.5. The number of terminal acetylenes is 1. The third-order valence-corrected chi connectivity index (χ3v) is 2.09. The zero-order valence-corrected chi connectivity index (χ0v) is 8.84. The van der Waals surface area contributed by atoms with Crippen LogP contribution >= 0.6 is 0 Å². The number of halogens is 2. The minimum atomic E-state index is -0.954. The Morgan fingerprint density at radius 1 is 1.44 bits per heavy atom. The summed E-state index contributed by atoms with van der Waals surface area (Å²) in [6.07, 6.45) is 5.06. The molecule has 2 nitrogen and oxygen atoms in total. The van der Waals surface area contributed by atoms with E-state index in [1.807, 2.05) is 0 Å². The van der Waals surface area contributed by atoms with Crippen LogP contribution in [0.4, 0.5) is 8.78 Å². The van der Waals surface area contributed by atoms with Gasteiger partial charge in [-0.2, -0.15) is 0 Å². The Hall–Kier alpha value is -1.89. The first kappa shape index (κ1) is 12.2. The van der Waals surface area contributed by atoms with Gasteiger partial charge in [-0.25, -0.2) is 8.78 Å². The molecule has 0 aliphatic heterocycles. The largest absolute Gasteiger partial charge is 0.334 e. The second-order valence-corrected chi connectivity index (χ2v) is 3.38. The Labute approximate surface area is 92.9 Å². The van der Waals surface area contributed by atoms with Crippen molar-refractivity contribution in [3.63, 3.8) is 0 Å². The normalized spacial score (nSPS) is 9.62. The van der Waals surface area contributed by atoms with Gasteiger partial charge in [0.15, 0.2) is 11.6 Å². The van der Waals surface area contributed by atoms with E-state index in [0.29, 0.717) is 5.56 Å². The second-order valence-electron chi connectivity index (χ2n) is 3.38. The molecule has 0 N–H and O–H groups in total. The first-order valence-corrected chi connectivity index (χ1v) is 4.66. The van der Waals surface area contributed by atoms with Gasteiger partial charge in [-0.15, -0.1) is 6.42 Å². The van der Waals surface area contributed by atoms with Crippen LogP contribution in [0.2, 0.25) is 0 Å². The molecule has 16 heavy (non-hydrogen) atoms. The van der Waals surface area contributed by atoms with Crippen LogP contribution in [0.5, 0.6) is 0 Å². The van der Waals surface area contributed by atoms with Crippen LogP contribution < -0.4 is 0 Å². The molecule has 0 atom stereocenters. The molecule has 0 saturated heterocycles. The number of amides is 1. The van der Waals surface area contributed by atoms with E-state index in [9.17, 15) is 13.6 Å². The predicted molar refractivity (Wildman–Crippen MR) is 56.5 cm³/mol. The fourth-order valence-corrected chi connectivity index (χ4v) is 1.18. The summed E-state index contributed by atoms with van der Waals surface area (Å²) in [6, 6.07) is 3.39. The van der Waals surface area contributed by atoms with Crippen LogP contribution in [0.1, 0.15) is 5.56 Å². The van der Waals surface area contributed by atoms with E-state index >= 15 is 0 Å². The Bertz CT molecular complexity index is 437. The third-order valence-electron chi connectivity index (χ3n) is 2.09. The highest BCUT2D eigenvalue weighted by Crippen LogP contribution is 2.09. The van der Waals surface area contributed by atoms with Crippen LogP contribution in [0.15, 0.2) is 18.2 Å². The molecule has 0 heterocycles. The first-order chi connectivity index (χ1) is 7.54. The first-order valence-electron chi connectivity index (χ1n) is 4.66. The molecule has 1 aromatic rings. The van der Waals surface area contributed by atoms with Crippen LogP contribution in [-0.2, 0) is 11.2 Å². The number of likely N-dealkylation sites (N-methyl/N-ethyl adjacent to an activating group) is 1. The van der Waals surface area contributed by atoms with Gasteiger partial charge in [-0.3, -0.25) is 4.79 Å². The Balaban J connectivity index is 2.70. The topological polar surface area (TPSA) is 20.3 Å². The Kier molecular flexibility index (Phi) is 4.01. The van der Waals surface area contributed by atoms with Gasteiger partial charge in [0.2, 0.25) is 5.91 Å². The lowest BCUT2D eigenvalue weighted by Crippen LogP contribution is -2.28. The fourth-order valence-electron chi connectivity index (χ4n) is 1.18. The molecular formula is C12H11F2NO. The molecule has 84 valence electrons. The highest BCUT2D eigenvalue weighted by atomic mass is 19.2. The lowest BCUT2D eigenvalue weighted by atomic mass is 10.1. The summed E-state index contributed by atoms with van der Waals surface area (Å²) in [4.78, 5) is 12.9. The SMILES string of the molecule is C#CCN(C)C(=O)Cc1ccc(F)c(F)c1. The van der Waals surface area contributed by atoms with Crippen LogP contribution in [-0.4, -0.2) is 24.4 Å². The van der Waals surface area contributed by atoms with Crippen LogP contribution in [0, 0.1) is 24.0 Å². The minimum absolute atomic E-state index is 0.00931. The maximum absolute atomic E-state index is 12.8. The molecule has 0 aromatic heterocycles. The molecule has 0 spiro atoms. The van der Waals surface area contributed by atoms with E-state index in [-0.39, 0.29) is 18.9 Å². The maximum Gasteiger partial charge on any atom is 0.227 e. The smallest absolute Gasteiger partial charge is 0.227 e. The number of hydrogen-bond acceptors (Lipinski definition) is 1. The highest BCUT2D eigenvalue weighted by molar-refractivity contribution is 5.78. The van der Waals surface area contributed by atoms with Gasteiger partial charge in [-0.05, 0) is 17.7 Å². The molecule has 4 heteroatoms. The molecule has 1 amide bonds. The van der Waals surface area contributed by atoms with Crippen LogP contribution in [0.3, 0.4) is 0 Å². The van der Waals surface area contributed by atoms with E-state index in [2.05, 4.69) is 5.92 Å². The standard InChI is InChI=1S/C12H11F2NO/c1-3-6-15(2)12(16)8-9-4-5-10(13)11(14)7-9/h1,4-5,7H,6,8H2,2H3. The number of carbonyl (C=O) groups excluding carboxylic acids is 1. The average Bonchev–Trinajstić information content (AvgIpc) is 2.24. The molecule has 0 unspecified atom stereocenters. The van der Waals surface area contributed by atoms with Crippen molar-refractivity contribution >= 4 is 5.91 Å². The van der Waals surface area contributed by atoms with E-state index in [0.717, 1.165) is 12.1 Å². The van der Waals surface area contributed by atoms with Gasteiger partial charge in [0.05, 0.1) is 13.0 Å². The van der Waals surface area contributed by atoms with Gasteiger partial charge in [0.1, 0.15) is 0 Å². The monoisotopic (exact) mass is 223 g/mol. The zero-order valence-electron chi connectivity index (χ0n) is 8.84. The second kappa shape index (κ2) is 5.26. The Morgan fingerprint density at radius 3 is 2.69 bits per heavy atom. The number of rotatable bonds is 3. The van der Waals surface area contributed by atoms with Crippen molar-refractivity contribution in [3.8, 4) is 12.3 Å². The maximum atomic E-state index is 12.8. The zero-order chi connectivity index (χ0) is 12.1. The van der Waals surface area contributed by atoms with Crippen molar-refractivity contribution in [2.75, 3.05) is 13.6 Å². The molecule has 1 aromatic carbocycles. The summed E-state index contributed by atoms with van der Waals surface area (Å²) in [5.74, 6) is 0.216. The Morgan fingerprint density at radius 2 is 2.12 bits per heavy atom. The van der Waals surface area contributed by atoms with Gasteiger partial charge in [0.25, 0.3) is 0 Å². The molecule has 0 radical (unpaired) electrons. The molecule has 0 aliphatic carbocycles. The number of hydrogen-bond donors (Lipinski definition) is 0. The summed E-state index contributed by atoms with van der Waals surface area (Å²) in [7, 11) is 1.56. The van der Waals surface area contributed by atoms with Gasteiger partial charge < -0.3 is 4.90 Å². The highest BCUT2D eigenvalue weighted by Gasteiger charge is 2.10. The average molecular weight is 223 g/mol. The third kappa shape index (κ3) is 3.06. The van der Waals surface area contributed by atoms with Crippen molar-refractivity contribution in [2.24, 2.45) is 0 Å². The van der Waals surface area contributed by atoms with E-state index < -0.39 is 11.6 Å². The van der Waals surface area contributed by atoms with Crippen molar-refractivity contribution in [2.45, 2.75) is 6.42 Å². The molecule has 0 fully saturated rings. The quantitative estimate of drug-likeness (QED) is 0.713. The van der Waals surface area contributed by atoms with E-state index in [1.54, 1.807) is 7.05 Å². The summed E-state index contributed by atoms with van der Waals surface area (Å²) >= 11 is 0. The van der Waals surface area contributed by atoms with Crippen molar-refractivity contribution in [3.05, 3.63) is 35.4 Å². The van der Waals surface area contributed by atoms with Crippen molar-refractivity contribution in [1.82, 2.24) is 4.90 Å². The molecule has 0 saturated carbocycles. The lowest BCUT2D eigenvalue weighted by Gasteiger charge is -2.13. The molecule has 0 aliphatic rings. The number of carbonyl (C=O) groups is 1. The van der Waals surface area contributed by atoms with Gasteiger partial charge in [0, 0.05) is 7.05 Å². The van der Waals surface area contributed by atoms with E-state index in [1.165, 1.54) is 11.0 Å².